The maximum Gasteiger partial charge on any atom is 1.00 e. The molecule has 0 saturated heterocycles. The molecule has 1 unspecified atom stereocenters. The van der Waals surface area contributed by atoms with Crippen LogP contribution < -0.4 is 51.2 Å². The van der Waals surface area contributed by atoms with Gasteiger partial charge in [0.05, 0.1) is 6.54 Å². The van der Waals surface area contributed by atoms with Gasteiger partial charge in [0.15, 0.2) is 5.96 Å². The van der Waals surface area contributed by atoms with E-state index in [1.807, 2.05) is 30.3 Å². The van der Waals surface area contributed by atoms with Crippen molar-refractivity contribution >= 4 is 19.7 Å². The number of nitrogens with zero attached hydrogens (tertiary/aromatic N) is 2. The van der Waals surface area contributed by atoms with Gasteiger partial charge in [0, 0.05) is 0 Å². The summed E-state index contributed by atoms with van der Waals surface area (Å²) in [7, 11) is -4.82. The third-order valence-electron chi connectivity index (χ3n) is 1.77. The number of guanidine groups is 2. The molecule has 0 fully saturated rings. The van der Waals surface area contributed by atoms with Crippen LogP contribution in [-0.4, -0.2) is 16.8 Å². The van der Waals surface area contributed by atoms with Crippen LogP contribution >= 0.6 is 7.75 Å². The molecule has 10 heteroatoms. The van der Waals surface area contributed by atoms with Gasteiger partial charge in [-0.25, -0.2) is 4.99 Å². The van der Waals surface area contributed by atoms with Crippen LogP contribution in [0, 0.1) is 0 Å². The Balaban J connectivity index is 0.00000324. The van der Waals surface area contributed by atoms with E-state index < -0.39 is 13.7 Å². The Kier molecular flexibility index (Phi) is 7.93. The van der Waals surface area contributed by atoms with E-state index in [4.69, 9.17) is 16.4 Å². The molecule has 1 aromatic carbocycles. The molecule has 0 aliphatic carbocycles. The van der Waals surface area contributed by atoms with Crippen molar-refractivity contribution in [1.82, 2.24) is 5.32 Å². The number of hydrogen-bond donors (Lipinski definition) is 4. The number of benzene rings is 1. The Labute approximate surface area is 132 Å². The van der Waals surface area contributed by atoms with Gasteiger partial charge >= 0.3 is 29.6 Å². The third-order valence-corrected chi connectivity index (χ3v) is 2.23. The number of aliphatic imine (C=N–C) groups is 1. The monoisotopic (exact) mass is 293 g/mol. The topological polar surface area (TPSA) is 149 Å². The van der Waals surface area contributed by atoms with Gasteiger partial charge in [-0.15, -0.1) is 0 Å². The van der Waals surface area contributed by atoms with Crippen LogP contribution in [0.1, 0.15) is 5.56 Å². The molecule has 0 aliphatic heterocycles. The van der Waals surface area contributed by atoms with E-state index in [0.29, 0.717) is 6.54 Å². The summed E-state index contributed by atoms with van der Waals surface area (Å²) in [5, 5.41) is 2.23. The summed E-state index contributed by atoms with van der Waals surface area (Å²) >= 11 is 0. The van der Waals surface area contributed by atoms with Crippen LogP contribution in [0.15, 0.2) is 40.1 Å². The van der Waals surface area contributed by atoms with Crippen LogP contribution in [0.5, 0.6) is 0 Å². The molecule has 0 aliphatic rings. The van der Waals surface area contributed by atoms with E-state index >= 15 is 0 Å². The van der Waals surface area contributed by atoms with Crippen LogP contribution in [0.4, 0.5) is 0 Å². The Bertz CT molecular complexity index is 502. The summed E-state index contributed by atoms with van der Waals surface area (Å²) in [4.78, 5) is 22.7. The molecule has 6 N–H and O–H groups in total. The molecule has 1 aromatic rings. The molecule has 19 heavy (non-hydrogen) atoms. The smallest absolute Gasteiger partial charge is 0.760 e. The van der Waals surface area contributed by atoms with Gasteiger partial charge in [-0.3, -0.25) is 9.88 Å². The van der Waals surface area contributed by atoms with Gasteiger partial charge in [0.2, 0.25) is 5.96 Å². The van der Waals surface area contributed by atoms with Crippen molar-refractivity contribution < 1.29 is 43.9 Å². The summed E-state index contributed by atoms with van der Waals surface area (Å²) in [6.45, 7) is 0.307. The van der Waals surface area contributed by atoms with E-state index in [2.05, 4.69) is 15.1 Å². The first-order valence-electron chi connectivity index (χ1n) is 4.87. The third kappa shape index (κ3) is 8.77. The van der Waals surface area contributed by atoms with Crippen LogP contribution in [0.3, 0.4) is 0 Å². The second-order valence-corrected chi connectivity index (χ2v) is 4.47. The van der Waals surface area contributed by atoms with Gasteiger partial charge in [-0.05, 0) is 5.56 Å². The fraction of sp³-hybridized carbons (Fsp3) is 0.111. The Morgan fingerprint density at radius 1 is 1.32 bits per heavy atom. The number of rotatable bonds is 3. The maximum absolute atomic E-state index is 10.4. The predicted molar refractivity (Wildman–Crippen MR) is 66.4 cm³/mol. The van der Waals surface area contributed by atoms with Crippen molar-refractivity contribution in [2.24, 2.45) is 21.2 Å². The summed E-state index contributed by atoms with van der Waals surface area (Å²) < 4.78 is 13.2. The molecular weight excluding hydrogens is 280 g/mol. The first kappa shape index (κ1) is 18.1. The van der Waals surface area contributed by atoms with E-state index in [9.17, 15) is 9.46 Å². The molecule has 98 valence electrons. The standard InChI is InChI=1S/C9H14N5O3P.Na/c10-8(13-9(11)14-18(15,16)17)12-6-7-4-2-1-3-5-7;/h1-5H,6H2,(H7,10,11,12,13,14,15,16,17);/q;+1/p-1. The minimum Gasteiger partial charge on any atom is -0.760 e. The van der Waals surface area contributed by atoms with Gasteiger partial charge in [-0.2, -0.15) is 4.76 Å². The van der Waals surface area contributed by atoms with Crippen molar-refractivity contribution in [1.29, 1.82) is 0 Å². The van der Waals surface area contributed by atoms with Gasteiger partial charge in [0.1, 0.15) is 0 Å². The number of nitrogens with two attached hydrogens (primary N) is 2. The maximum atomic E-state index is 10.4. The van der Waals surface area contributed by atoms with Crippen molar-refractivity contribution in [3.8, 4) is 0 Å². The SMILES string of the molecule is NC(=NCc1ccccc1)N/C(N)=N/P(=O)([O-])O.[Na+]. The first-order chi connectivity index (χ1) is 8.37. The average molecular weight is 293 g/mol. The van der Waals surface area contributed by atoms with E-state index in [0.717, 1.165) is 5.56 Å². The fourth-order valence-corrected chi connectivity index (χ4v) is 1.41. The normalized spacial score (nSPS) is 15.3. The first-order valence-corrected chi connectivity index (χ1v) is 6.40. The predicted octanol–water partition coefficient (Wildman–Crippen LogP) is -4.13. The minimum atomic E-state index is -4.82. The Hall–Kier alpha value is -0.890. The summed E-state index contributed by atoms with van der Waals surface area (Å²) in [6.07, 6.45) is 0. The van der Waals surface area contributed by atoms with Crippen molar-refractivity contribution in [2.45, 2.75) is 6.54 Å². The Morgan fingerprint density at radius 3 is 2.42 bits per heavy atom. The zero-order valence-corrected chi connectivity index (χ0v) is 13.2. The van der Waals surface area contributed by atoms with E-state index in [-0.39, 0.29) is 35.5 Å². The molecule has 8 nitrogen and oxygen atoms in total. The molecule has 0 spiro atoms. The largest absolute Gasteiger partial charge is 1.00 e. The fourth-order valence-electron chi connectivity index (χ4n) is 1.09. The Morgan fingerprint density at radius 2 is 1.89 bits per heavy atom. The molecule has 0 aromatic heterocycles. The summed E-state index contributed by atoms with van der Waals surface area (Å²) in [5.74, 6) is -0.654. The number of hydrogen-bond acceptors (Lipinski definition) is 3. The van der Waals surface area contributed by atoms with Crippen LogP contribution in [-0.2, 0) is 11.1 Å². The van der Waals surface area contributed by atoms with Crippen molar-refractivity contribution in [2.75, 3.05) is 0 Å². The minimum absolute atomic E-state index is 0. The van der Waals surface area contributed by atoms with E-state index in [1.54, 1.807) is 0 Å². The molecule has 0 saturated carbocycles. The molecule has 0 heterocycles. The molecule has 0 amide bonds. The molecular formula is C9H13N5NaO3P. The van der Waals surface area contributed by atoms with Crippen LogP contribution in [0.2, 0.25) is 0 Å². The zero-order valence-electron chi connectivity index (χ0n) is 10.4. The van der Waals surface area contributed by atoms with Crippen molar-refractivity contribution in [3.05, 3.63) is 35.9 Å². The molecule has 0 radical (unpaired) electrons. The molecule has 1 rings (SSSR count). The van der Waals surface area contributed by atoms with Crippen LogP contribution in [0.25, 0.3) is 0 Å². The second kappa shape index (κ2) is 8.31. The average Bonchev–Trinajstić information content (AvgIpc) is 2.25. The second-order valence-electron chi connectivity index (χ2n) is 3.29. The quantitative estimate of drug-likeness (QED) is 0.192. The number of nitrogens with one attached hydrogen (secondary N) is 1. The molecule has 1 atom stereocenters. The van der Waals surface area contributed by atoms with Gasteiger partial charge in [0.25, 0.3) is 7.75 Å². The van der Waals surface area contributed by atoms with E-state index in [1.165, 1.54) is 0 Å². The van der Waals surface area contributed by atoms with Gasteiger partial charge < -0.3 is 21.3 Å². The van der Waals surface area contributed by atoms with Crippen molar-refractivity contribution in [3.63, 3.8) is 0 Å². The summed E-state index contributed by atoms with van der Waals surface area (Å²) in [6, 6.07) is 9.28. The van der Waals surface area contributed by atoms with Gasteiger partial charge in [-0.1, -0.05) is 30.3 Å². The molecule has 0 bridgehead atoms. The summed E-state index contributed by atoms with van der Waals surface area (Å²) in [5.41, 5.74) is 11.5. The zero-order chi connectivity index (χ0) is 13.6.